The molecule has 0 aliphatic rings. The molecule has 0 saturated carbocycles. The van der Waals surface area contributed by atoms with Gasteiger partial charge in [-0.25, -0.2) is 9.97 Å². The zero-order valence-corrected chi connectivity index (χ0v) is 10.1. The molecule has 0 saturated heterocycles. The van der Waals surface area contributed by atoms with Crippen LogP contribution in [-0.2, 0) is 0 Å². The number of rotatable bonds is 4. The van der Waals surface area contributed by atoms with Gasteiger partial charge in [0.15, 0.2) is 0 Å². The number of aliphatic hydroxyl groups is 1. The Bertz CT molecular complexity index is 516. The molecule has 1 N–H and O–H groups in total. The summed E-state index contributed by atoms with van der Waals surface area (Å²) in [6.07, 6.45) is 3.59. The van der Waals surface area contributed by atoms with E-state index >= 15 is 0 Å². The SMILES string of the molecule is COc1ccc(C(O)c2nccnc2OC)cn1. The molecule has 2 rings (SSSR count). The van der Waals surface area contributed by atoms with Crippen molar-refractivity contribution < 1.29 is 14.6 Å². The third-order valence-corrected chi connectivity index (χ3v) is 2.43. The lowest BCUT2D eigenvalue weighted by atomic mass is 10.1. The first-order valence-corrected chi connectivity index (χ1v) is 5.29. The van der Waals surface area contributed by atoms with Crippen molar-refractivity contribution in [2.75, 3.05) is 14.2 Å². The Balaban J connectivity index is 2.31. The Morgan fingerprint density at radius 2 is 1.83 bits per heavy atom. The second kappa shape index (κ2) is 5.42. The van der Waals surface area contributed by atoms with Gasteiger partial charge in [0.1, 0.15) is 11.8 Å². The molecule has 1 unspecified atom stereocenters. The second-order valence-corrected chi connectivity index (χ2v) is 3.49. The van der Waals surface area contributed by atoms with Gasteiger partial charge >= 0.3 is 0 Å². The lowest BCUT2D eigenvalue weighted by molar-refractivity contribution is 0.207. The molecule has 18 heavy (non-hydrogen) atoms. The van der Waals surface area contributed by atoms with Crippen molar-refractivity contribution in [3.8, 4) is 11.8 Å². The van der Waals surface area contributed by atoms with E-state index in [1.807, 2.05) is 0 Å². The number of pyridine rings is 1. The minimum Gasteiger partial charge on any atom is -0.481 e. The van der Waals surface area contributed by atoms with Gasteiger partial charge in [-0.1, -0.05) is 0 Å². The highest BCUT2D eigenvalue weighted by Crippen LogP contribution is 2.26. The highest BCUT2D eigenvalue weighted by atomic mass is 16.5. The average molecular weight is 247 g/mol. The van der Waals surface area contributed by atoms with Crippen LogP contribution in [0, 0.1) is 0 Å². The van der Waals surface area contributed by atoms with E-state index in [9.17, 15) is 5.11 Å². The molecule has 0 aliphatic heterocycles. The molecule has 0 aliphatic carbocycles. The zero-order valence-electron chi connectivity index (χ0n) is 10.1. The van der Waals surface area contributed by atoms with E-state index < -0.39 is 6.10 Å². The van der Waals surface area contributed by atoms with Crippen molar-refractivity contribution in [1.29, 1.82) is 0 Å². The fourth-order valence-corrected chi connectivity index (χ4v) is 1.51. The van der Waals surface area contributed by atoms with Crippen LogP contribution in [0.15, 0.2) is 30.7 Å². The average Bonchev–Trinajstić information content (AvgIpc) is 2.46. The molecule has 0 fully saturated rings. The lowest BCUT2D eigenvalue weighted by Crippen LogP contribution is -2.06. The quantitative estimate of drug-likeness (QED) is 0.867. The van der Waals surface area contributed by atoms with E-state index in [1.165, 1.54) is 32.8 Å². The Morgan fingerprint density at radius 3 is 2.44 bits per heavy atom. The summed E-state index contributed by atoms with van der Waals surface area (Å²) >= 11 is 0. The standard InChI is InChI=1S/C12H13N3O3/c1-17-9-4-3-8(7-15-9)11(16)10-12(18-2)14-6-5-13-10/h3-7,11,16H,1-2H3. The number of methoxy groups -OCH3 is 2. The van der Waals surface area contributed by atoms with Crippen molar-refractivity contribution in [2.45, 2.75) is 6.10 Å². The topological polar surface area (TPSA) is 77.4 Å². The largest absolute Gasteiger partial charge is 0.481 e. The van der Waals surface area contributed by atoms with Crippen LogP contribution in [-0.4, -0.2) is 34.3 Å². The summed E-state index contributed by atoms with van der Waals surface area (Å²) in [4.78, 5) is 12.1. The summed E-state index contributed by atoms with van der Waals surface area (Å²) in [5.41, 5.74) is 0.946. The van der Waals surface area contributed by atoms with Crippen molar-refractivity contribution in [2.24, 2.45) is 0 Å². The summed E-state index contributed by atoms with van der Waals surface area (Å²) < 4.78 is 10.0. The number of aromatic nitrogens is 3. The second-order valence-electron chi connectivity index (χ2n) is 3.49. The van der Waals surface area contributed by atoms with Crippen LogP contribution in [0.25, 0.3) is 0 Å². The predicted octanol–water partition coefficient (Wildman–Crippen LogP) is 0.970. The summed E-state index contributed by atoms with van der Waals surface area (Å²) in [6.45, 7) is 0. The van der Waals surface area contributed by atoms with Gasteiger partial charge in [0.2, 0.25) is 11.8 Å². The van der Waals surface area contributed by atoms with Crippen LogP contribution < -0.4 is 9.47 Å². The van der Waals surface area contributed by atoms with Crippen molar-refractivity contribution in [1.82, 2.24) is 15.0 Å². The number of hydrogen-bond acceptors (Lipinski definition) is 6. The fourth-order valence-electron chi connectivity index (χ4n) is 1.51. The van der Waals surface area contributed by atoms with Gasteiger partial charge in [-0.05, 0) is 6.07 Å². The summed E-state index contributed by atoms with van der Waals surface area (Å²) in [7, 11) is 3.01. The molecular weight excluding hydrogens is 234 g/mol. The van der Waals surface area contributed by atoms with Crippen LogP contribution >= 0.6 is 0 Å². The summed E-state index contributed by atoms with van der Waals surface area (Å²) in [5.74, 6) is 0.776. The van der Waals surface area contributed by atoms with Gasteiger partial charge in [-0.2, -0.15) is 0 Å². The van der Waals surface area contributed by atoms with E-state index in [2.05, 4.69) is 15.0 Å². The third-order valence-electron chi connectivity index (χ3n) is 2.43. The zero-order chi connectivity index (χ0) is 13.0. The molecule has 0 amide bonds. The van der Waals surface area contributed by atoms with E-state index in [1.54, 1.807) is 12.1 Å². The first kappa shape index (κ1) is 12.3. The fraction of sp³-hybridized carbons (Fsp3) is 0.250. The molecule has 6 nitrogen and oxygen atoms in total. The predicted molar refractivity (Wildman–Crippen MR) is 63.4 cm³/mol. The normalized spacial score (nSPS) is 11.9. The van der Waals surface area contributed by atoms with Gasteiger partial charge in [0.05, 0.1) is 14.2 Å². The van der Waals surface area contributed by atoms with E-state index in [0.717, 1.165) is 0 Å². The van der Waals surface area contributed by atoms with E-state index in [-0.39, 0.29) is 0 Å². The molecule has 1 atom stereocenters. The highest BCUT2D eigenvalue weighted by molar-refractivity contribution is 5.30. The first-order valence-electron chi connectivity index (χ1n) is 5.29. The van der Waals surface area contributed by atoms with Gasteiger partial charge in [0.25, 0.3) is 0 Å². The first-order chi connectivity index (χ1) is 8.76. The maximum atomic E-state index is 10.2. The number of nitrogens with zero attached hydrogens (tertiary/aromatic N) is 3. The van der Waals surface area contributed by atoms with Gasteiger partial charge in [0, 0.05) is 30.2 Å². The molecule has 0 bridgehead atoms. The Hall–Kier alpha value is -2.21. The molecule has 0 radical (unpaired) electrons. The van der Waals surface area contributed by atoms with Crippen LogP contribution in [0.1, 0.15) is 17.4 Å². The minimum atomic E-state index is -0.938. The monoisotopic (exact) mass is 247 g/mol. The third kappa shape index (κ3) is 2.38. The maximum Gasteiger partial charge on any atom is 0.238 e. The van der Waals surface area contributed by atoms with Crippen LogP contribution in [0.2, 0.25) is 0 Å². The maximum absolute atomic E-state index is 10.2. The van der Waals surface area contributed by atoms with Crippen LogP contribution in [0.5, 0.6) is 11.8 Å². The molecule has 2 aromatic heterocycles. The Kier molecular flexibility index (Phi) is 3.69. The molecule has 2 aromatic rings. The Morgan fingerprint density at radius 1 is 1.06 bits per heavy atom. The Labute approximate surface area is 104 Å². The van der Waals surface area contributed by atoms with E-state index in [0.29, 0.717) is 23.0 Å². The molecule has 2 heterocycles. The molecular formula is C12H13N3O3. The number of ether oxygens (including phenoxy) is 2. The van der Waals surface area contributed by atoms with Gasteiger partial charge in [-0.3, -0.25) is 4.98 Å². The van der Waals surface area contributed by atoms with Crippen LogP contribution in [0.3, 0.4) is 0 Å². The van der Waals surface area contributed by atoms with Crippen LogP contribution in [0.4, 0.5) is 0 Å². The van der Waals surface area contributed by atoms with Crippen molar-refractivity contribution >= 4 is 0 Å². The molecule has 0 aromatic carbocycles. The summed E-state index contributed by atoms with van der Waals surface area (Å²) in [5, 5.41) is 10.2. The molecule has 94 valence electrons. The van der Waals surface area contributed by atoms with Gasteiger partial charge < -0.3 is 14.6 Å². The minimum absolute atomic E-state index is 0.292. The number of hydrogen-bond donors (Lipinski definition) is 1. The molecule has 6 heteroatoms. The van der Waals surface area contributed by atoms with Crippen molar-refractivity contribution in [3.05, 3.63) is 42.0 Å². The van der Waals surface area contributed by atoms with Crippen molar-refractivity contribution in [3.63, 3.8) is 0 Å². The number of aliphatic hydroxyl groups excluding tert-OH is 1. The molecule has 0 spiro atoms. The highest BCUT2D eigenvalue weighted by Gasteiger charge is 2.18. The van der Waals surface area contributed by atoms with Gasteiger partial charge in [-0.15, -0.1) is 0 Å². The summed E-state index contributed by atoms with van der Waals surface area (Å²) in [6, 6.07) is 3.38. The lowest BCUT2D eigenvalue weighted by Gasteiger charge is -2.12. The smallest absolute Gasteiger partial charge is 0.238 e. The van der Waals surface area contributed by atoms with E-state index in [4.69, 9.17) is 9.47 Å².